The van der Waals surface area contributed by atoms with Crippen LogP contribution in [0, 0.1) is 6.92 Å². The van der Waals surface area contributed by atoms with Crippen LogP contribution in [0.15, 0.2) is 35.1 Å². The molecule has 6 nitrogen and oxygen atoms in total. The third-order valence-corrected chi connectivity index (χ3v) is 4.84. The highest BCUT2D eigenvalue weighted by Crippen LogP contribution is 2.24. The Morgan fingerprint density at radius 1 is 1.33 bits per heavy atom. The van der Waals surface area contributed by atoms with Gasteiger partial charge in [-0.25, -0.2) is 4.98 Å². The van der Waals surface area contributed by atoms with Gasteiger partial charge in [0.15, 0.2) is 0 Å². The van der Waals surface area contributed by atoms with Gasteiger partial charge >= 0.3 is 0 Å². The SMILES string of the molecule is Cc1cc(=O)n2nc(CN3CCNCc4ccccc43)sc2n1.Cl. The fraction of sp³-hybridized carbons (Fsp3) is 0.312. The lowest BCUT2D eigenvalue weighted by atomic mass is 10.1. The monoisotopic (exact) mass is 363 g/mol. The van der Waals surface area contributed by atoms with Crippen molar-refractivity contribution >= 4 is 34.4 Å². The Hall–Kier alpha value is -1.96. The number of benzene rings is 1. The normalized spacial score (nSPS) is 14.1. The van der Waals surface area contributed by atoms with Gasteiger partial charge in [-0.2, -0.15) is 9.61 Å². The van der Waals surface area contributed by atoms with Crippen LogP contribution < -0.4 is 15.8 Å². The largest absolute Gasteiger partial charge is 0.363 e. The van der Waals surface area contributed by atoms with Gasteiger partial charge in [0.05, 0.1) is 6.54 Å². The van der Waals surface area contributed by atoms with Crippen LogP contribution in [0.25, 0.3) is 4.96 Å². The molecule has 2 aromatic heterocycles. The molecule has 126 valence electrons. The van der Waals surface area contributed by atoms with Crippen molar-refractivity contribution in [3.63, 3.8) is 0 Å². The lowest BCUT2D eigenvalue weighted by molar-refractivity contribution is 0.684. The van der Waals surface area contributed by atoms with Gasteiger partial charge in [-0.15, -0.1) is 12.4 Å². The van der Waals surface area contributed by atoms with E-state index in [4.69, 9.17) is 0 Å². The maximum atomic E-state index is 12.0. The van der Waals surface area contributed by atoms with Crippen molar-refractivity contribution in [1.82, 2.24) is 19.9 Å². The number of aryl methyl sites for hydroxylation is 1. The zero-order valence-corrected chi connectivity index (χ0v) is 14.9. The van der Waals surface area contributed by atoms with Crippen LogP contribution in [0.3, 0.4) is 0 Å². The van der Waals surface area contributed by atoms with Gasteiger partial charge in [0, 0.05) is 37.1 Å². The molecule has 0 radical (unpaired) electrons. The number of rotatable bonds is 2. The first-order valence-electron chi connectivity index (χ1n) is 7.61. The van der Waals surface area contributed by atoms with E-state index in [2.05, 4.69) is 44.6 Å². The molecule has 0 saturated carbocycles. The molecule has 3 heterocycles. The van der Waals surface area contributed by atoms with Crippen LogP contribution in [-0.2, 0) is 13.1 Å². The average molecular weight is 364 g/mol. The van der Waals surface area contributed by atoms with Gasteiger partial charge in [0.1, 0.15) is 5.01 Å². The Bertz CT molecular complexity index is 922. The van der Waals surface area contributed by atoms with E-state index in [9.17, 15) is 4.79 Å². The number of para-hydroxylation sites is 1. The lowest BCUT2D eigenvalue weighted by Gasteiger charge is -2.23. The number of nitrogens with zero attached hydrogens (tertiary/aromatic N) is 4. The van der Waals surface area contributed by atoms with Gasteiger partial charge in [-0.1, -0.05) is 29.5 Å². The van der Waals surface area contributed by atoms with Crippen LogP contribution in [0.4, 0.5) is 5.69 Å². The first-order valence-corrected chi connectivity index (χ1v) is 8.42. The fourth-order valence-electron chi connectivity index (χ4n) is 2.88. The highest BCUT2D eigenvalue weighted by Gasteiger charge is 2.17. The maximum Gasteiger partial charge on any atom is 0.275 e. The number of fused-ring (bicyclic) bond motifs is 2. The number of halogens is 1. The van der Waals surface area contributed by atoms with Crippen LogP contribution in [-0.4, -0.2) is 27.7 Å². The molecule has 8 heteroatoms. The molecule has 0 fully saturated rings. The molecule has 0 amide bonds. The summed E-state index contributed by atoms with van der Waals surface area (Å²) in [6.45, 7) is 5.24. The van der Waals surface area contributed by atoms with E-state index in [-0.39, 0.29) is 18.0 Å². The summed E-state index contributed by atoms with van der Waals surface area (Å²) in [6, 6.07) is 9.93. The quantitative estimate of drug-likeness (QED) is 0.754. The molecule has 0 spiro atoms. The molecule has 0 aliphatic carbocycles. The Balaban J connectivity index is 0.00000169. The van der Waals surface area contributed by atoms with E-state index in [1.807, 2.05) is 6.92 Å². The molecule has 0 bridgehead atoms. The molecule has 1 aliphatic heterocycles. The van der Waals surface area contributed by atoms with Crippen molar-refractivity contribution in [2.45, 2.75) is 20.0 Å². The van der Waals surface area contributed by atoms with Gasteiger partial charge in [0.2, 0.25) is 4.96 Å². The van der Waals surface area contributed by atoms with Crippen molar-refractivity contribution in [3.8, 4) is 0 Å². The smallest absolute Gasteiger partial charge is 0.275 e. The van der Waals surface area contributed by atoms with Crippen molar-refractivity contribution in [2.75, 3.05) is 18.0 Å². The molecular formula is C16H18ClN5OS. The van der Waals surface area contributed by atoms with E-state index in [1.54, 1.807) is 0 Å². The molecule has 0 unspecified atom stereocenters. The van der Waals surface area contributed by atoms with Gasteiger partial charge in [-0.3, -0.25) is 4.79 Å². The number of hydrogen-bond acceptors (Lipinski definition) is 6. The van der Waals surface area contributed by atoms with E-state index >= 15 is 0 Å². The van der Waals surface area contributed by atoms with Crippen LogP contribution in [0.2, 0.25) is 0 Å². The summed E-state index contributed by atoms with van der Waals surface area (Å²) < 4.78 is 1.40. The molecule has 0 saturated heterocycles. The standard InChI is InChI=1S/C16H17N5OS.ClH/c1-11-8-15(22)21-16(18-11)23-14(19-21)10-20-7-6-17-9-12-4-2-3-5-13(12)20;/h2-5,8,17H,6-7,9-10H2,1H3;1H. The number of nitrogens with one attached hydrogen (secondary N) is 1. The van der Waals surface area contributed by atoms with Crippen molar-refractivity contribution in [3.05, 3.63) is 57.0 Å². The summed E-state index contributed by atoms with van der Waals surface area (Å²) >= 11 is 1.48. The summed E-state index contributed by atoms with van der Waals surface area (Å²) in [5, 5.41) is 8.79. The molecular weight excluding hydrogens is 346 g/mol. The predicted octanol–water partition coefficient (Wildman–Crippen LogP) is 1.99. The highest BCUT2D eigenvalue weighted by atomic mass is 35.5. The molecule has 24 heavy (non-hydrogen) atoms. The topological polar surface area (TPSA) is 62.5 Å². The fourth-order valence-corrected chi connectivity index (χ4v) is 3.84. The third kappa shape index (κ3) is 3.15. The van der Waals surface area contributed by atoms with Crippen molar-refractivity contribution in [2.24, 2.45) is 0 Å². The Morgan fingerprint density at radius 3 is 3.04 bits per heavy atom. The van der Waals surface area contributed by atoms with E-state index in [0.29, 0.717) is 11.5 Å². The number of anilines is 1. The van der Waals surface area contributed by atoms with Crippen molar-refractivity contribution < 1.29 is 0 Å². The zero-order valence-electron chi connectivity index (χ0n) is 13.2. The Morgan fingerprint density at radius 2 is 2.17 bits per heavy atom. The summed E-state index contributed by atoms with van der Waals surface area (Å²) in [6.07, 6.45) is 0. The van der Waals surface area contributed by atoms with E-state index in [0.717, 1.165) is 30.3 Å². The van der Waals surface area contributed by atoms with E-state index < -0.39 is 0 Å². The Labute approximate surface area is 149 Å². The van der Waals surface area contributed by atoms with Gasteiger partial charge in [-0.05, 0) is 18.6 Å². The minimum absolute atomic E-state index is 0. The summed E-state index contributed by atoms with van der Waals surface area (Å²) in [5.41, 5.74) is 3.13. The van der Waals surface area contributed by atoms with Gasteiger partial charge in [0.25, 0.3) is 5.56 Å². The molecule has 3 aromatic rings. The van der Waals surface area contributed by atoms with Crippen molar-refractivity contribution in [1.29, 1.82) is 0 Å². The third-order valence-electron chi connectivity index (χ3n) is 3.95. The second-order valence-corrected chi connectivity index (χ2v) is 6.69. The minimum Gasteiger partial charge on any atom is -0.363 e. The molecule has 1 aliphatic rings. The van der Waals surface area contributed by atoms with Crippen LogP contribution in [0.1, 0.15) is 16.3 Å². The second-order valence-electron chi connectivity index (χ2n) is 5.65. The minimum atomic E-state index is -0.118. The summed E-state index contributed by atoms with van der Waals surface area (Å²) in [4.78, 5) is 19.4. The number of aromatic nitrogens is 3. The summed E-state index contributed by atoms with van der Waals surface area (Å²) in [5.74, 6) is 0. The molecule has 0 atom stereocenters. The predicted molar refractivity (Wildman–Crippen MR) is 98.3 cm³/mol. The number of hydrogen-bond donors (Lipinski definition) is 1. The van der Waals surface area contributed by atoms with Crippen LogP contribution >= 0.6 is 23.7 Å². The summed E-state index contributed by atoms with van der Waals surface area (Å²) in [7, 11) is 0. The molecule has 4 rings (SSSR count). The second kappa shape index (κ2) is 6.88. The Kier molecular flexibility index (Phi) is 4.84. The lowest BCUT2D eigenvalue weighted by Crippen LogP contribution is -2.28. The molecule has 1 aromatic carbocycles. The zero-order chi connectivity index (χ0) is 15.8. The van der Waals surface area contributed by atoms with Gasteiger partial charge < -0.3 is 10.2 Å². The highest BCUT2D eigenvalue weighted by molar-refractivity contribution is 7.16. The van der Waals surface area contributed by atoms with E-state index in [1.165, 1.54) is 33.2 Å². The first-order chi connectivity index (χ1) is 11.2. The average Bonchev–Trinajstić information content (AvgIpc) is 2.82. The maximum absolute atomic E-state index is 12.0. The van der Waals surface area contributed by atoms with Crippen LogP contribution in [0.5, 0.6) is 0 Å². The molecule has 1 N–H and O–H groups in total. The first kappa shape index (κ1) is 16.9.